The van der Waals surface area contributed by atoms with Crippen LogP contribution in [0.25, 0.3) is 0 Å². The van der Waals surface area contributed by atoms with Gasteiger partial charge < -0.3 is 15.2 Å². The molecule has 7 heteroatoms. The Labute approximate surface area is 153 Å². The lowest BCUT2D eigenvalue weighted by molar-refractivity contribution is 0.0955. The molecule has 1 aliphatic rings. The van der Waals surface area contributed by atoms with E-state index in [-0.39, 0.29) is 17.2 Å². The summed E-state index contributed by atoms with van der Waals surface area (Å²) >= 11 is 3.22. The van der Waals surface area contributed by atoms with Crippen molar-refractivity contribution < 1.29 is 9.18 Å². The van der Waals surface area contributed by atoms with Crippen LogP contribution in [-0.2, 0) is 13.0 Å². The summed E-state index contributed by atoms with van der Waals surface area (Å²) < 4.78 is 16.5. The van der Waals surface area contributed by atoms with Gasteiger partial charge >= 0.3 is 0 Å². The molecular weight excluding hydrogens is 389 g/mol. The van der Waals surface area contributed by atoms with Crippen LogP contribution in [0.1, 0.15) is 35.0 Å². The molecule has 2 N–H and O–H groups in total. The first-order chi connectivity index (χ1) is 11.9. The average molecular weight is 408 g/mol. The number of hydrogen-bond donors (Lipinski definition) is 2. The maximum absolute atomic E-state index is 14.2. The Kier molecular flexibility index (Phi) is 4.94. The number of pyridine rings is 1. The quantitative estimate of drug-likeness (QED) is 0.814. The molecule has 2 aromatic rings. The normalized spacial score (nSPS) is 12.8. The molecule has 1 aromatic carbocycles. The number of amides is 1. The number of halogens is 2. The lowest BCUT2D eigenvalue weighted by Crippen LogP contribution is -2.31. The Morgan fingerprint density at radius 2 is 2.16 bits per heavy atom. The summed E-state index contributed by atoms with van der Waals surface area (Å²) in [6, 6.07) is 4.61. The van der Waals surface area contributed by atoms with Crippen LogP contribution in [-0.4, -0.2) is 17.0 Å². The molecule has 3 rings (SSSR count). The summed E-state index contributed by atoms with van der Waals surface area (Å²) in [6.07, 6.45) is 1.47. The van der Waals surface area contributed by atoms with Crippen molar-refractivity contribution in [2.24, 2.45) is 0 Å². The van der Waals surface area contributed by atoms with E-state index in [1.807, 2.05) is 6.92 Å². The Bertz CT molecular complexity index is 908. The van der Waals surface area contributed by atoms with Gasteiger partial charge in [-0.25, -0.2) is 4.39 Å². The molecule has 0 aliphatic carbocycles. The van der Waals surface area contributed by atoms with Gasteiger partial charge in [0.25, 0.3) is 11.5 Å². The third-order valence-corrected chi connectivity index (χ3v) is 4.85. The number of rotatable bonds is 4. The number of fused-ring (bicyclic) bond motifs is 1. The van der Waals surface area contributed by atoms with Gasteiger partial charge in [0.05, 0.1) is 16.9 Å². The number of aromatic nitrogens is 1. The van der Waals surface area contributed by atoms with Gasteiger partial charge in [0.15, 0.2) is 0 Å². The second-order valence-corrected chi connectivity index (χ2v) is 6.91. The second kappa shape index (κ2) is 7.00. The summed E-state index contributed by atoms with van der Waals surface area (Å²) in [6.45, 7) is 4.58. The van der Waals surface area contributed by atoms with Gasteiger partial charge in [0.1, 0.15) is 5.82 Å². The fourth-order valence-electron chi connectivity index (χ4n) is 3.18. The van der Waals surface area contributed by atoms with Crippen LogP contribution in [0.5, 0.6) is 0 Å². The zero-order chi connectivity index (χ0) is 18.1. The van der Waals surface area contributed by atoms with E-state index in [0.717, 1.165) is 6.42 Å². The molecule has 132 valence electrons. The van der Waals surface area contributed by atoms with E-state index in [1.165, 1.54) is 6.07 Å². The van der Waals surface area contributed by atoms with E-state index in [2.05, 4.69) is 26.6 Å². The maximum atomic E-state index is 14.2. The predicted molar refractivity (Wildman–Crippen MR) is 99.1 cm³/mol. The first-order valence-electron chi connectivity index (χ1n) is 8.20. The van der Waals surface area contributed by atoms with Gasteiger partial charge in [-0.3, -0.25) is 9.59 Å². The maximum Gasteiger partial charge on any atom is 0.255 e. The molecule has 0 saturated carbocycles. The minimum absolute atomic E-state index is 0.138. The summed E-state index contributed by atoms with van der Waals surface area (Å²) in [5.74, 6) is -0.715. The smallest absolute Gasteiger partial charge is 0.255 e. The molecular formula is C18H19BrFN3O2. The lowest BCUT2D eigenvalue weighted by Gasteiger charge is -2.19. The minimum atomic E-state index is -0.462. The van der Waals surface area contributed by atoms with Crippen LogP contribution in [0.3, 0.4) is 0 Å². The van der Waals surface area contributed by atoms with Crippen molar-refractivity contribution in [3.8, 4) is 0 Å². The Morgan fingerprint density at radius 1 is 1.40 bits per heavy atom. The third-order valence-electron chi connectivity index (χ3n) is 4.36. The summed E-state index contributed by atoms with van der Waals surface area (Å²) in [7, 11) is 0. The predicted octanol–water partition coefficient (Wildman–Crippen LogP) is 3.50. The number of carbonyl (C=O) groups excluding carboxylic acids is 1. The first-order valence-corrected chi connectivity index (χ1v) is 8.99. The molecule has 25 heavy (non-hydrogen) atoms. The molecule has 0 atom stereocenters. The molecule has 0 radical (unpaired) electrons. The lowest BCUT2D eigenvalue weighted by atomic mass is 10.0. The second-order valence-electron chi connectivity index (χ2n) is 5.99. The van der Waals surface area contributed by atoms with Crippen LogP contribution in [0.2, 0.25) is 0 Å². The van der Waals surface area contributed by atoms with Crippen LogP contribution < -0.4 is 16.2 Å². The third kappa shape index (κ3) is 3.20. The van der Waals surface area contributed by atoms with Crippen LogP contribution in [0.15, 0.2) is 27.5 Å². The van der Waals surface area contributed by atoms with E-state index in [0.29, 0.717) is 46.5 Å². The zero-order valence-corrected chi connectivity index (χ0v) is 15.7. The van der Waals surface area contributed by atoms with Gasteiger partial charge in [0, 0.05) is 28.8 Å². The molecule has 1 aromatic heterocycles. The number of nitrogens with one attached hydrogen (secondary N) is 2. The topological polar surface area (TPSA) is 63.1 Å². The monoisotopic (exact) mass is 407 g/mol. The molecule has 0 bridgehead atoms. The van der Waals surface area contributed by atoms with Crippen molar-refractivity contribution in [3.63, 3.8) is 0 Å². The molecule has 0 unspecified atom stereocenters. The highest BCUT2D eigenvalue weighted by atomic mass is 79.9. The molecule has 1 amide bonds. The summed E-state index contributed by atoms with van der Waals surface area (Å²) in [4.78, 5) is 25.3. The van der Waals surface area contributed by atoms with E-state index in [9.17, 15) is 14.0 Å². The minimum Gasteiger partial charge on any atom is -0.352 e. The van der Waals surface area contributed by atoms with Gasteiger partial charge in [-0.15, -0.1) is 0 Å². The molecule has 5 nitrogen and oxygen atoms in total. The Morgan fingerprint density at radius 3 is 2.84 bits per heavy atom. The van der Waals surface area contributed by atoms with E-state index >= 15 is 0 Å². The fourth-order valence-corrected chi connectivity index (χ4v) is 3.51. The Hall–Kier alpha value is -2.15. The highest BCUT2D eigenvalue weighted by Gasteiger charge is 2.27. The van der Waals surface area contributed by atoms with Crippen molar-refractivity contribution in [1.29, 1.82) is 0 Å². The average Bonchev–Trinajstić information content (AvgIpc) is 3.04. The van der Waals surface area contributed by atoms with Gasteiger partial charge in [-0.2, -0.15) is 0 Å². The van der Waals surface area contributed by atoms with Crippen LogP contribution >= 0.6 is 15.9 Å². The molecule has 2 heterocycles. The van der Waals surface area contributed by atoms with Crippen LogP contribution in [0, 0.1) is 12.7 Å². The highest BCUT2D eigenvalue weighted by Crippen LogP contribution is 2.31. The van der Waals surface area contributed by atoms with Crippen LogP contribution in [0.4, 0.5) is 15.8 Å². The number of anilines is 2. The van der Waals surface area contributed by atoms with E-state index < -0.39 is 5.82 Å². The van der Waals surface area contributed by atoms with Gasteiger partial charge in [0.2, 0.25) is 0 Å². The summed E-state index contributed by atoms with van der Waals surface area (Å²) in [5.41, 5.74) is 2.01. The van der Waals surface area contributed by atoms with E-state index in [1.54, 1.807) is 23.6 Å². The Balaban J connectivity index is 2.19. The zero-order valence-electron chi connectivity index (χ0n) is 14.1. The van der Waals surface area contributed by atoms with Crippen molar-refractivity contribution in [1.82, 2.24) is 9.88 Å². The van der Waals surface area contributed by atoms with E-state index in [4.69, 9.17) is 0 Å². The standard InChI is InChI=1S/C18H19BrFN3O2/c1-3-21-17(24)15-14-5-4-8-23(14)18(25)10(2)16(15)22-13-7-6-11(19)9-12(13)20/h6-7,9,22H,3-5,8H2,1-2H3,(H,21,24). The SMILES string of the molecule is CCNC(=O)c1c(Nc2ccc(Br)cc2F)c(C)c(=O)n2c1CCC2. The highest BCUT2D eigenvalue weighted by molar-refractivity contribution is 9.10. The first kappa shape index (κ1) is 17.7. The van der Waals surface area contributed by atoms with Gasteiger partial charge in [-0.05, 0) is 44.9 Å². The largest absolute Gasteiger partial charge is 0.352 e. The summed E-state index contributed by atoms with van der Waals surface area (Å²) in [5, 5.41) is 5.77. The number of nitrogens with zero attached hydrogens (tertiary/aromatic N) is 1. The number of benzene rings is 1. The van der Waals surface area contributed by atoms with Crippen molar-refractivity contribution >= 4 is 33.2 Å². The molecule has 1 aliphatic heterocycles. The number of carbonyl (C=O) groups is 1. The van der Waals surface area contributed by atoms with Crippen molar-refractivity contribution in [2.75, 3.05) is 11.9 Å². The molecule has 0 fully saturated rings. The van der Waals surface area contributed by atoms with Gasteiger partial charge in [-0.1, -0.05) is 15.9 Å². The molecule has 0 saturated heterocycles. The fraction of sp³-hybridized carbons (Fsp3) is 0.333. The molecule has 0 spiro atoms. The van der Waals surface area contributed by atoms with Crippen molar-refractivity contribution in [3.05, 3.63) is 55.7 Å². The number of hydrogen-bond acceptors (Lipinski definition) is 3. The van der Waals surface area contributed by atoms with Crippen molar-refractivity contribution in [2.45, 2.75) is 33.2 Å².